The van der Waals surface area contributed by atoms with E-state index in [4.69, 9.17) is 0 Å². The fourth-order valence-corrected chi connectivity index (χ4v) is 3.86. The van der Waals surface area contributed by atoms with Gasteiger partial charge in [0, 0.05) is 17.6 Å². The molecule has 1 fully saturated rings. The molecule has 0 N–H and O–H groups in total. The van der Waals surface area contributed by atoms with Crippen LogP contribution in [0.4, 0.5) is 0 Å². The fourth-order valence-electron chi connectivity index (χ4n) is 3.04. The molecule has 1 aliphatic carbocycles. The van der Waals surface area contributed by atoms with Gasteiger partial charge >= 0.3 is 0 Å². The van der Waals surface area contributed by atoms with Gasteiger partial charge in [0.25, 0.3) is 0 Å². The van der Waals surface area contributed by atoms with Crippen molar-refractivity contribution in [2.75, 3.05) is 19.3 Å². The summed E-state index contributed by atoms with van der Waals surface area (Å²) in [5, 5.41) is 0. The van der Waals surface area contributed by atoms with E-state index in [0.717, 1.165) is 18.8 Å². The highest BCUT2D eigenvalue weighted by atomic mass is 79.9. The molecule has 2 rings (SSSR count). The summed E-state index contributed by atoms with van der Waals surface area (Å²) < 4.78 is 1.21. The minimum absolute atomic E-state index is 0.457. The maximum Gasteiger partial charge on any atom is 0.0242 e. The topological polar surface area (TPSA) is 3.24 Å². The van der Waals surface area contributed by atoms with Crippen molar-refractivity contribution in [1.82, 2.24) is 4.90 Å². The molecule has 0 heterocycles. The smallest absolute Gasteiger partial charge is 0.0242 e. The first-order chi connectivity index (χ1) is 8.65. The molecule has 1 saturated carbocycles. The average molecular weight is 328 g/mol. The molecule has 18 heavy (non-hydrogen) atoms. The monoisotopic (exact) mass is 327 g/mol. The molecular formula is C15H22BrNS. The molecular weight excluding hydrogens is 306 g/mol. The molecule has 0 spiro atoms. The van der Waals surface area contributed by atoms with Crippen molar-refractivity contribution in [3.63, 3.8) is 0 Å². The molecule has 0 aromatic heterocycles. The fraction of sp³-hybridized carbons (Fsp3) is 0.600. The third-order valence-corrected chi connectivity index (χ3v) is 5.45. The van der Waals surface area contributed by atoms with Crippen LogP contribution in [0.25, 0.3) is 0 Å². The van der Waals surface area contributed by atoms with Gasteiger partial charge < -0.3 is 4.90 Å². The van der Waals surface area contributed by atoms with E-state index in [9.17, 15) is 0 Å². The first kappa shape index (κ1) is 14.4. The molecule has 1 aromatic carbocycles. The quantitative estimate of drug-likeness (QED) is 0.786. The molecule has 1 aliphatic rings. The van der Waals surface area contributed by atoms with Crippen LogP contribution in [0.2, 0.25) is 0 Å². The van der Waals surface area contributed by atoms with E-state index >= 15 is 0 Å². The number of nitrogens with zero attached hydrogens (tertiary/aromatic N) is 1. The van der Waals surface area contributed by atoms with Gasteiger partial charge in [0.15, 0.2) is 0 Å². The molecule has 0 atom stereocenters. The van der Waals surface area contributed by atoms with Crippen LogP contribution in [-0.2, 0) is 6.54 Å². The van der Waals surface area contributed by atoms with E-state index < -0.39 is 0 Å². The molecule has 0 radical (unpaired) electrons. The maximum atomic E-state index is 4.59. The lowest BCUT2D eigenvalue weighted by atomic mass is 9.88. The summed E-state index contributed by atoms with van der Waals surface area (Å²) in [5.74, 6) is 1.02. The molecule has 0 saturated heterocycles. The molecule has 3 heteroatoms. The Balaban J connectivity index is 1.96. The van der Waals surface area contributed by atoms with Gasteiger partial charge in [-0.05, 0) is 42.7 Å². The third-order valence-electron chi connectivity index (χ3n) is 4.00. The number of benzene rings is 1. The van der Waals surface area contributed by atoms with Crippen LogP contribution in [0.5, 0.6) is 0 Å². The Morgan fingerprint density at radius 1 is 1.28 bits per heavy atom. The van der Waals surface area contributed by atoms with Crippen LogP contribution in [0.1, 0.15) is 31.2 Å². The highest BCUT2D eigenvalue weighted by Crippen LogP contribution is 2.39. The predicted octanol–water partition coefficient (Wildman–Crippen LogP) is 4.37. The summed E-state index contributed by atoms with van der Waals surface area (Å²) >= 11 is 8.21. The SMILES string of the molecule is CN(Cc1ccccc1Br)CC1(CS)CCCC1. The van der Waals surface area contributed by atoms with Gasteiger partial charge in [-0.1, -0.05) is 47.0 Å². The zero-order chi connectivity index (χ0) is 13.0. The Labute approximate surface area is 124 Å². The van der Waals surface area contributed by atoms with Gasteiger partial charge in [-0.25, -0.2) is 0 Å². The molecule has 0 unspecified atom stereocenters. The van der Waals surface area contributed by atoms with Crippen LogP contribution >= 0.6 is 28.6 Å². The summed E-state index contributed by atoms with van der Waals surface area (Å²) in [6, 6.07) is 8.49. The van der Waals surface area contributed by atoms with Gasteiger partial charge in [0.1, 0.15) is 0 Å². The van der Waals surface area contributed by atoms with Crippen molar-refractivity contribution in [3.8, 4) is 0 Å². The third kappa shape index (κ3) is 3.52. The summed E-state index contributed by atoms with van der Waals surface area (Å²) in [7, 11) is 2.23. The van der Waals surface area contributed by atoms with E-state index in [1.165, 1.54) is 35.7 Å². The Bertz CT molecular complexity index is 388. The second-order valence-electron chi connectivity index (χ2n) is 5.63. The summed E-state index contributed by atoms with van der Waals surface area (Å²) in [6.45, 7) is 2.18. The lowest BCUT2D eigenvalue weighted by molar-refractivity contribution is 0.195. The minimum atomic E-state index is 0.457. The van der Waals surface area contributed by atoms with Gasteiger partial charge in [-0.2, -0.15) is 12.6 Å². The van der Waals surface area contributed by atoms with E-state index in [0.29, 0.717) is 5.41 Å². The highest BCUT2D eigenvalue weighted by molar-refractivity contribution is 9.10. The van der Waals surface area contributed by atoms with Crippen LogP contribution in [0.15, 0.2) is 28.7 Å². The van der Waals surface area contributed by atoms with Crippen molar-refractivity contribution in [3.05, 3.63) is 34.3 Å². The molecule has 0 aliphatic heterocycles. The van der Waals surface area contributed by atoms with Gasteiger partial charge in [-0.3, -0.25) is 0 Å². The zero-order valence-corrected chi connectivity index (χ0v) is 13.5. The van der Waals surface area contributed by atoms with Gasteiger partial charge in [-0.15, -0.1) is 0 Å². The summed E-state index contributed by atoms with van der Waals surface area (Å²) in [4.78, 5) is 2.45. The Hall–Kier alpha value is 0.01000. The number of hydrogen-bond donors (Lipinski definition) is 1. The Morgan fingerprint density at radius 2 is 1.94 bits per heavy atom. The average Bonchev–Trinajstić information content (AvgIpc) is 2.81. The zero-order valence-electron chi connectivity index (χ0n) is 11.0. The first-order valence-corrected chi connectivity index (χ1v) is 8.11. The van der Waals surface area contributed by atoms with Crippen LogP contribution in [0, 0.1) is 5.41 Å². The second-order valence-corrected chi connectivity index (χ2v) is 6.80. The second kappa shape index (κ2) is 6.44. The van der Waals surface area contributed by atoms with Gasteiger partial charge in [0.2, 0.25) is 0 Å². The Kier molecular flexibility index (Phi) is 5.16. The summed E-state index contributed by atoms with van der Waals surface area (Å²) in [6.07, 6.45) is 5.44. The van der Waals surface area contributed by atoms with E-state index in [1.807, 2.05) is 0 Å². The van der Waals surface area contributed by atoms with Crippen LogP contribution in [-0.4, -0.2) is 24.2 Å². The van der Waals surface area contributed by atoms with Crippen molar-refractivity contribution in [2.45, 2.75) is 32.2 Å². The molecule has 0 amide bonds. The molecule has 0 bridgehead atoms. The maximum absolute atomic E-state index is 4.59. The largest absolute Gasteiger partial charge is 0.301 e. The molecule has 1 aromatic rings. The molecule has 100 valence electrons. The van der Waals surface area contributed by atoms with E-state index in [2.05, 4.69) is 64.8 Å². The van der Waals surface area contributed by atoms with Crippen molar-refractivity contribution < 1.29 is 0 Å². The van der Waals surface area contributed by atoms with E-state index in [-0.39, 0.29) is 0 Å². The lowest BCUT2D eigenvalue weighted by Crippen LogP contribution is -2.34. The van der Waals surface area contributed by atoms with Crippen molar-refractivity contribution >= 4 is 28.6 Å². The standard InChI is InChI=1S/C15H22BrNS/c1-17(10-13-6-2-3-7-14(13)16)11-15(12-18)8-4-5-9-15/h2-3,6-7,18H,4-5,8-12H2,1H3. The summed E-state index contributed by atoms with van der Waals surface area (Å²) in [5.41, 5.74) is 1.83. The lowest BCUT2D eigenvalue weighted by Gasteiger charge is -2.32. The van der Waals surface area contributed by atoms with Crippen LogP contribution in [0.3, 0.4) is 0 Å². The number of halogens is 1. The molecule has 1 nitrogen and oxygen atoms in total. The van der Waals surface area contributed by atoms with Crippen molar-refractivity contribution in [2.24, 2.45) is 5.41 Å². The highest BCUT2D eigenvalue weighted by Gasteiger charge is 2.33. The number of hydrogen-bond acceptors (Lipinski definition) is 2. The van der Waals surface area contributed by atoms with E-state index in [1.54, 1.807) is 0 Å². The first-order valence-electron chi connectivity index (χ1n) is 6.68. The van der Waals surface area contributed by atoms with Crippen molar-refractivity contribution in [1.29, 1.82) is 0 Å². The predicted molar refractivity (Wildman–Crippen MR) is 85.2 cm³/mol. The number of rotatable bonds is 5. The van der Waals surface area contributed by atoms with Crippen LogP contribution < -0.4 is 0 Å². The normalized spacial score (nSPS) is 18.4. The van der Waals surface area contributed by atoms with Gasteiger partial charge in [0.05, 0.1) is 0 Å². The Morgan fingerprint density at radius 3 is 2.56 bits per heavy atom. The number of thiol groups is 1. The minimum Gasteiger partial charge on any atom is -0.301 e.